The van der Waals surface area contributed by atoms with E-state index < -0.39 is 15.9 Å². The van der Waals surface area contributed by atoms with Gasteiger partial charge in [0.05, 0.1) is 0 Å². The number of benzene rings is 2. The number of nitrogens with one attached hydrogen (secondary N) is 1. The van der Waals surface area contributed by atoms with Crippen LogP contribution in [0.2, 0.25) is 0 Å². The maximum atomic E-state index is 13.4. The first-order valence-electron chi connectivity index (χ1n) is 10.7. The molecule has 1 aliphatic heterocycles. The van der Waals surface area contributed by atoms with Crippen LogP contribution in [0.4, 0.5) is 17.1 Å². The summed E-state index contributed by atoms with van der Waals surface area (Å²) in [5.74, 6) is -0.417. The molecule has 0 bridgehead atoms. The van der Waals surface area contributed by atoms with Crippen LogP contribution in [0.25, 0.3) is 0 Å². The number of anilines is 3. The zero-order valence-corrected chi connectivity index (χ0v) is 20.6. The minimum absolute atomic E-state index is 0.0684. The number of sulfonamides is 1. The van der Waals surface area contributed by atoms with Gasteiger partial charge in [-0.3, -0.25) is 4.79 Å². The number of thiophene rings is 1. The molecule has 1 aliphatic rings. The highest BCUT2D eigenvalue weighted by Gasteiger charge is 2.32. The van der Waals surface area contributed by atoms with Crippen LogP contribution in [0.15, 0.2) is 64.9 Å². The van der Waals surface area contributed by atoms with Gasteiger partial charge in [0.15, 0.2) is 0 Å². The van der Waals surface area contributed by atoms with Crippen molar-refractivity contribution in [3.8, 4) is 0 Å². The molecule has 1 amide bonds. The van der Waals surface area contributed by atoms with E-state index >= 15 is 0 Å². The highest BCUT2D eigenvalue weighted by atomic mass is 32.2. The molecule has 174 valence electrons. The number of carbonyl (C=O) groups excluding carboxylic acids is 1. The molecule has 0 saturated carbocycles. The summed E-state index contributed by atoms with van der Waals surface area (Å²) >= 11 is 1.14. The summed E-state index contributed by atoms with van der Waals surface area (Å²) < 4.78 is 28.2. The maximum absolute atomic E-state index is 13.4. The molecular weight excluding hydrogens is 456 g/mol. The summed E-state index contributed by atoms with van der Waals surface area (Å²) in [6, 6.07) is 17.1. The molecule has 1 saturated heterocycles. The van der Waals surface area contributed by atoms with Gasteiger partial charge >= 0.3 is 0 Å². The van der Waals surface area contributed by atoms with Crippen molar-refractivity contribution in [2.75, 3.05) is 55.4 Å². The van der Waals surface area contributed by atoms with Gasteiger partial charge in [0.2, 0.25) is 10.0 Å². The summed E-state index contributed by atoms with van der Waals surface area (Å²) in [4.78, 5) is 17.3. The number of aryl methyl sites for hydroxylation is 1. The normalized spacial score (nSPS) is 14.8. The Balaban J connectivity index is 1.46. The standard InChI is InChI=1S/C24H28N4O3S2/c1-18-5-4-6-21(17-18)27-12-14-28(15-13-27)33(30,31)22-11-16-32-23(22)24(29)25-19-7-9-20(10-8-19)26(2)3/h4-11,16-17H,12-15H2,1-3H3,(H,25,29). The van der Waals surface area contributed by atoms with E-state index in [9.17, 15) is 13.2 Å². The Morgan fingerprint density at radius 3 is 2.33 bits per heavy atom. The second-order valence-electron chi connectivity index (χ2n) is 8.24. The molecule has 7 nitrogen and oxygen atoms in total. The van der Waals surface area contributed by atoms with Gasteiger partial charge in [-0.15, -0.1) is 11.3 Å². The van der Waals surface area contributed by atoms with E-state index in [1.54, 1.807) is 17.5 Å². The fourth-order valence-electron chi connectivity index (χ4n) is 3.85. The zero-order chi connectivity index (χ0) is 23.6. The predicted octanol–water partition coefficient (Wildman–Crippen LogP) is 3.89. The Hall–Kier alpha value is -2.88. The lowest BCUT2D eigenvalue weighted by Gasteiger charge is -2.35. The van der Waals surface area contributed by atoms with Crippen LogP contribution in [-0.2, 0) is 10.0 Å². The number of amides is 1. The van der Waals surface area contributed by atoms with Crippen LogP contribution >= 0.6 is 11.3 Å². The zero-order valence-electron chi connectivity index (χ0n) is 19.0. The highest BCUT2D eigenvalue weighted by molar-refractivity contribution is 7.89. The van der Waals surface area contributed by atoms with Crippen molar-refractivity contribution in [2.24, 2.45) is 0 Å². The van der Waals surface area contributed by atoms with Gasteiger partial charge in [0.25, 0.3) is 5.91 Å². The number of hydrogen-bond acceptors (Lipinski definition) is 6. The van der Waals surface area contributed by atoms with Gasteiger partial charge in [0, 0.05) is 57.3 Å². The van der Waals surface area contributed by atoms with E-state index in [2.05, 4.69) is 16.3 Å². The van der Waals surface area contributed by atoms with Crippen molar-refractivity contribution < 1.29 is 13.2 Å². The van der Waals surface area contributed by atoms with Gasteiger partial charge in [-0.05, 0) is 60.3 Å². The minimum Gasteiger partial charge on any atom is -0.378 e. The smallest absolute Gasteiger partial charge is 0.267 e. The molecule has 0 spiro atoms. The average Bonchev–Trinajstić information content (AvgIpc) is 3.31. The third-order valence-corrected chi connectivity index (χ3v) is 8.68. The molecular formula is C24H28N4O3S2. The lowest BCUT2D eigenvalue weighted by atomic mass is 10.2. The second kappa shape index (κ2) is 9.54. The number of hydrogen-bond donors (Lipinski definition) is 1. The van der Waals surface area contributed by atoms with Crippen molar-refractivity contribution in [1.82, 2.24) is 4.31 Å². The summed E-state index contributed by atoms with van der Waals surface area (Å²) in [6.07, 6.45) is 0. The first kappa shape index (κ1) is 23.3. The quantitative estimate of drug-likeness (QED) is 0.575. The van der Waals surface area contributed by atoms with Crippen molar-refractivity contribution in [3.05, 3.63) is 70.4 Å². The van der Waals surface area contributed by atoms with Gasteiger partial charge in [-0.1, -0.05) is 12.1 Å². The Morgan fingerprint density at radius 2 is 1.70 bits per heavy atom. The number of carbonyl (C=O) groups is 1. The van der Waals surface area contributed by atoms with Crippen LogP contribution in [0.5, 0.6) is 0 Å². The summed E-state index contributed by atoms with van der Waals surface area (Å²) in [7, 11) is 0.114. The molecule has 1 fully saturated rings. The van der Waals surface area contributed by atoms with Gasteiger partial charge in [-0.25, -0.2) is 8.42 Å². The molecule has 1 aromatic heterocycles. The van der Waals surface area contributed by atoms with Crippen LogP contribution in [0.3, 0.4) is 0 Å². The van der Waals surface area contributed by atoms with E-state index in [0.29, 0.717) is 31.9 Å². The third-order valence-electron chi connectivity index (χ3n) is 5.70. The molecule has 0 unspecified atom stereocenters. The molecule has 2 aromatic carbocycles. The molecule has 9 heteroatoms. The van der Waals surface area contributed by atoms with Crippen molar-refractivity contribution in [1.29, 1.82) is 0 Å². The number of nitrogens with zero attached hydrogens (tertiary/aromatic N) is 3. The fraction of sp³-hybridized carbons (Fsp3) is 0.292. The van der Waals surface area contributed by atoms with Crippen LogP contribution in [0.1, 0.15) is 15.2 Å². The summed E-state index contributed by atoms with van der Waals surface area (Å²) in [5.41, 5.74) is 3.90. The van der Waals surface area contributed by atoms with Gasteiger partial charge < -0.3 is 15.1 Å². The lowest BCUT2D eigenvalue weighted by Crippen LogP contribution is -2.48. The maximum Gasteiger partial charge on any atom is 0.267 e. The Bertz CT molecular complexity index is 1230. The molecule has 2 heterocycles. The third kappa shape index (κ3) is 5.05. The molecule has 0 radical (unpaired) electrons. The van der Waals surface area contributed by atoms with E-state index in [-0.39, 0.29) is 9.77 Å². The van der Waals surface area contributed by atoms with Crippen LogP contribution < -0.4 is 15.1 Å². The van der Waals surface area contributed by atoms with Crippen molar-refractivity contribution in [3.63, 3.8) is 0 Å². The van der Waals surface area contributed by atoms with Crippen molar-refractivity contribution >= 4 is 44.3 Å². The average molecular weight is 485 g/mol. The Kier molecular flexibility index (Phi) is 6.73. The highest BCUT2D eigenvalue weighted by Crippen LogP contribution is 2.28. The largest absolute Gasteiger partial charge is 0.378 e. The van der Waals surface area contributed by atoms with Crippen LogP contribution in [0, 0.1) is 6.92 Å². The fourth-order valence-corrected chi connectivity index (χ4v) is 6.57. The monoisotopic (exact) mass is 484 g/mol. The topological polar surface area (TPSA) is 73.0 Å². The van der Waals surface area contributed by atoms with Crippen LogP contribution in [-0.4, -0.2) is 58.9 Å². The number of rotatable bonds is 6. The van der Waals surface area contributed by atoms with Crippen molar-refractivity contribution in [2.45, 2.75) is 11.8 Å². The summed E-state index contributed by atoms with van der Waals surface area (Å²) in [5, 5.41) is 4.47. The number of piperazine rings is 1. The molecule has 4 rings (SSSR count). The molecule has 33 heavy (non-hydrogen) atoms. The van der Waals surface area contributed by atoms with E-state index in [0.717, 1.165) is 22.7 Å². The molecule has 0 aliphatic carbocycles. The van der Waals surface area contributed by atoms with Gasteiger partial charge in [0.1, 0.15) is 9.77 Å². The summed E-state index contributed by atoms with van der Waals surface area (Å²) in [6.45, 7) is 4.00. The first-order valence-corrected chi connectivity index (χ1v) is 13.1. The molecule has 1 N–H and O–H groups in total. The first-order chi connectivity index (χ1) is 15.8. The Morgan fingerprint density at radius 1 is 1.00 bits per heavy atom. The van der Waals surface area contributed by atoms with E-state index in [1.807, 2.05) is 56.3 Å². The Labute approximate surface area is 199 Å². The molecule has 0 atom stereocenters. The van der Waals surface area contributed by atoms with E-state index in [4.69, 9.17) is 0 Å². The lowest BCUT2D eigenvalue weighted by molar-refractivity contribution is 0.102. The molecule has 3 aromatic rings. The second-order valence-corrected chi connectivity index (χ2v) is 11.1. The SMILES string of the molecule is Cc1cccc(N2CCN(S(=O)(=O)c3ccsc3C(=O)Nc3ccc(N(C)C)cc3)CC2)c1. The minimum atomic E-state index is -3.77. The van der Waals surface area contributed by atoms with E-state index in [1.165, 1.54) is 15.9 Å². The van der Waals surface area contributed by atoms with Gasteiger partial charge in [-0.2, -0.15) is 4.31 Å². The predicted molar refractivity (Wildman–Crippen MR) is 135 cm³/mol.